The van der Waals surface area contributed by atoms with Crippen molar-refractivity contribution in [2.24, 2.45) is 5.92 Å². The summed E-state index contributed by atoms with van der Waals surface area (Å²) in [6.07, 6.45) is 13.1. The lowest BCUT2D eigenvalue weighted by Gasteiger charge is -2.22. The molecule has 0 aromatic carbocycles. The third kappa shape index (κ3) is 4.77. The van der Waals surface area contributed by atoms with Crippen LogP contribution in [0.3, 0.4) is 0 Å². The molecule has 1 aliphatic rings. The zero-order valence-electron chi connectivity index (χ0n) is 22.4. The molecular formula is C31H30N8S. The highest BCUT2D eigenvalue weighted by molar-refractivity contribution is 7.15. The van der Waals surface area contributed by atoms with Gasteiger partial charge in [0.2, 0.25) is 0 Å². The first-order chi connectivity index (χ1) is 19.6. The van der Waals surface area contributed by atoms with Crippen molar-refractivity contribution in [2.45, 2.75) is 45.4 Å². The molecule has 6 heterocycles. The quantitative estimate of drug-likeness (QED) is 0.188. The lowest BCUT2D eigenvalue weighted by molar-refractivity contribution is 0.357. The van der Waals surface area contributed by atoms with Crippen LogP contribution in [0.15, 0.2) is 67.3 Å². The van der Waals surface area contributed by atoms with E-state index in [1.54, 1.807) is 17.5 Å². The Morgan fingerprint density at radius 1 is 1.07 bits per heavy atom. The molecular weight excluding hydrogens is 516 g/mol. The Hall–Kier alpha value is -4.37. The summed E-state index contributed by atoms with van der Waals surface area (Å²) < 4.78 is 0. The molecule has 9 heteroatoms. The fourth-order valence-electron chi connectivity index (χ4n) is 5.68. The van der Waals surface area contributed by atoms with Crippen LogP contribution >= 0.6 is 11.3 Å². The number of nitrogens with one attached hydrogen (secondary N) is 3. The summed E-state index contributed by atoms with van der Waals surface area (Å²) >= 11 is 1.75. The number of imidazole rings is 1. The summed E-state index contributed by atoms with van der Waals surface area (Å²) in [4.78, 5) is 24.7. The van der Waals surface area contributed by atoms with E-state index in [4.69, 9.17) is 9.97 Å². The van der Waals surface area contributed by atoms with Crippen molar-refractivity contribution in [2.75, 3.05) is 5.32 Å². The van der Waals surface area contributed by atoms with Gasteiger partial charge in [0, 0.05) is 39.0 Å². The van der Waals surface area contributed by atoms with E-state index in [0.29, 0.717) is 17.2 Å². The third-order valence-electron chi connectivity index (χ3n) is 7.64. The van der Waals surface area contributed by atoms with Gasteiger partial charge in [-0.25, -0.2) is 15.0 Å². The Balaban J connectivity index is 1.19. The molecule has 8 nitrogen and oxygen atoms in total. The largest absolute Gasteiger partial charge is 0.358 e. The van der Waals surface area contributed by atoms with E-state index in [9.17, 15) is 0 Å². The van der Waals surface area contributed by atoms with Crippen molar-refractivity contribution in [3.63, 3.8) is 0 Å². The number of anilines is 1. The molecule has 1 aliphatic carbocycles. The zero-order valence-corrected chi connectivity index (χ0v) is 23.2. The number of fused-ring (bicyclic) bond motifs is 2. The van der Waals surface area contributed by atoms with Gasteiger partial charge in [-0.15, -0.1) is 11.3 Å². The highest BCUT2D eigenvalue weighted by Crippen LogP contribution is 2.34. The topological polar surface area (TPSA) is 108 Å². The summed E-state index contributed by atoms with van der Waals surface area (Å²) in [5.41, 5.74) is 8.57. The molecule has 0 spiro atoms. The van der Waals surface area contributed by atoms with E-state index in [1.165, 1.54) is 41.9 Å². The number of nitrogens with zero attached hydrogens (tertiary/aromatic N) is 5. The lowest BCUT2D eigenvalue weighted by atomic mass is 9.86. The average molecular weight is 547 g/mol. The van der Waals surface area contributed by atoms with Crippen molar-refractivity contribution in [1.29, 1.82) is 0 Å². The number of thiophene rings is 1. The second kappa shape index (κ2) is 10.3. The van der Waals surface area contributed by atoms with Crippen LogP contribution in [-0.2, 0) is 0 Å². The number of hydrogen-bond acceptors (Lipinski definition) is 7. The first kappa shape index (κ1) is 24.7. The first-order valence-electron chi connectivity index (χ1n) is 13.8. The van der Waals surface area contributed by atoms with Gasteiger partial charge in [0.25, 0.3) is 0 Å². The molecule has 6 aromatic rings. The number of H-pyrrole nitrogens is 2. The van der Waals surface area contributed by atoms with Gasteiger partial charge >= 0.3 is 0 Å². The van der Waals surface area contributed by atoms with Gasteiger partial charge in [0.15, 0.2) is 17.2 Å². The number of aryl methyl sites for hydroxylation is 1. The van der Waals surface area contributed by atoms with Crippen molar-refractivity contribution in [3.8, 4) is 33.2 Å². The molecule has 0 radical (unpaired) electrons. The fourth-order valence-corrected chi connectivity index (χ4v) is 6.57. The van der Waals surface area contributed by atoms with Crippen LogP contribution in [0.5, 0.6) is 0 Å². The number of allylic oxidation sites excluding steroid dienone is 1. The van der Waals surface area contributed by atoms with E-state index >= 15 is 0 Å². The van der Waals surface area contributed by atoms with Gasteiger partial charge in [-0.1, -0.05) is 38.7 Å². The summed E-state index contributed by atoms with van der Waals surface area (Å²) in [5.74, 6) is 1.36. The minimum absolute atomic E-state index is 0.631. The number of hydrogen-bond donors (Lipinski definition) is 3. The minimum Gasteiger partial charge on any atom is -0.358 e. The van der Waals surface area contributed by atoms with Crippen molar-refractivity contribution < 1.29 is 0 Å². The Morgan fingerprint density at radius 2 is 1.98 bits per heavy atom. The second-order valence-corrected chi connectivity index (χ2v) is 11.9. The smallest absolute Gasteiger partial charge is 0.178 e. The highest BCUT2D eigenvalue weighted by Gasteiger charge is 2.18. The zero-order chi connectivity index (χ0) is 27.1. The molecule has 0 amide bonds. The first-order valence-corrected chi connectivity index (χ1v) is 14.6. The van der Waals surface area contributed by atoms with Crippen molar-refractivity contribution in [1.82, 2.24) is 35.1 Å². The van der Waals surface area contributed by atoms with Crippen LogP contribution in [0.25, 0.3) is 55.4 Å². The predicted octanol–water partition coefficient (Wildman–Crippen LogP) is 7.89. The van der Waals surface area contributed by atoms with Gasteiger partial charge in [0.05, 0.1) is 28.6 Å². The minimum atomic E-state index is 0.631. The molecule has 200 valence electrons. The Labute approximate surface area is 236 Å². The number of rotatable bonds is 7. The van der Waals surface area contributed by atoms with E-state index in [1.807, 2.05) is 30.6 Å². The van der Waals surface area contributed by atoms with E-state index in [-0.39, 0.29) is 0 Å². The molecule has 0 unspecified atom stereocenters. The number of pyridine rings is 3. The maximum atomic E-state index is 4.99. The number of aromatic nitrogens is 7. The Bertz CT molecular complexity index is 1840. The molecule has 1 saturated carbocycles. The summed E-state index contributed by atoms with van der Waals surface area (Å²) in [7, 11) is 0. The maximum Gasteiger partial charge on any atom is 0.178 e. The molecule has 7 rings (SSSR count). The van der Waals surface area contributed by atoms with Crippen LogP contribution in [0.4, 0.5) is 5.69 Å². The average Bonchev–Trinajstić information content (AvgIpc) is 3.71. The SMILES string of the molecule is C=C(CC1CCCCC1)Nc1cncc(-c2ccc3[nH]nc(-c4nc5nccc(-c6ccc(C)s6)c5[nH]4)c3n2)c1. The molecule has 1 fully saturated rings. The Kier molecular flexibility index (Phi) is 6.36. The molecule has 3 N–H and O–H groups in total. The Morgan fingerprint density at radius 3 is 2.83 bits per heavy atom. The summed E-state index contributed by atoms with van der Waals surface area (Å²) in [6, 6.07) is 12.3. The molecule has 6 aromatic heterocycles. The summed E-state index contributed by atoms with van der Waals surface area (Å²) in [5, 5.41) is 11.2. The van der Waals surface area contributed by atoms with Crippen molar-refractivity contribution in [3.05, 3.63) is 72.1 Å². The molecule has 0 bridgehead atoms. The molecule has 0 atom stereocenters. The van der Waals surface area contributed by atoms with Gasteiger partial charge in [-0.2, -0.15) is 5.10 Å². The number of aromatic amines is 2. The normalized spacial score (nSPS) is 14.2. The molecule has 0 saturated heterocycles. The van der Waals surface area contributed by atoms with E-state index < -0.39 is 0 Å². The van der Waals surface area contributed by atoms with Crippen LogP contribution < -0.4 is 5.32 Å². The molecule has 40 heavy (non-hydrogen) atoms. The molecule has 0 aliphatic heterocycles. The second-order valence-electron chi connectivity index (χ2n) is 10.6. The van der Waals surface area contributed by atoms with Crippen LogP contribution in [0.2, 0.25) is 0 Å². The maximum absolute atomic E-state index is 4.99. The van der Waals surface area contributed by atoms with E-state index in [0.717, 1.165) is 57.1 Å². The van der Waals surface area contributed by atoms with Crippen molar-refractivity contribution >= 4 is 39.2 Å². The lowest BCUT2D eigenvalue weighted by Crippen LogP contribution is -2.10. The monoisotopic (exact) mass is 546 g/mol. The van der Waals surface area contributed by atoms with Gasteiger partial charge < -0.3 is 10.3 Å². The fraction of sp³-hybridized carbons (Fsp3) is 0.258. The highest BCUT2D eigenvalue weighted by atomic mass is 32.1. The van der Waals surface area contributed by atoms with E-state index in [2.05, 4.69) is 62.2 Å². The van der Waals surface area contributed by atoms with Crippen LogP contribution in [-0.4, -0.2) is 35.1 Å². The van der Waals surface area contributed by atoms with Gasteiger partial charge in [-0.3, -0.25) is 10.1 Å². The predicted molar refractivity (Wildman–Crippen MR) is 162 cm³/mol. The van der Waals surface area contributed by atoms with Gasteiger partial charge in [0.1, 0.15) is 5.52 Å². The van der Waals surface area contributed by atoms with Crippen LogP contribution in [0.1, 0.15) is 43.4 Å². The summed E-state index contributed by atoms with van der Waals surface area (Å²) in [6.45, 7) is 6.40. The third-order valence-corrected chi connectivity index (χ3v) is 8.68. The van der Waals surface area contributed by atoms with Crippen LogP contribution in [0, 0.1) is 12.8 Å². The van der Waals surface area contributed by atoms with Gasteiger partial charge in [-0.05, 0) is 55.7 Å². The standard InChI is InChI=1S/C31H30N8S/c1-18(14-20-6-4-3-5-7-20)34-22-15-21(16-32-17-22)24-9-10-25-28(35-24)29(39-38-25)31-36-27-23(12-13-33-30(27)37-31)26-11-8-19(2)40-26/h8-13,15-17,20,34H,1,3-7,14H2,2H3,(H,38,39)(H,33,36,37).